The predicted octanol–water partition coefficient (Wildman–Crippen LogP) is 1.66. The minimum atomic E-state index is -0.587. The zero-order chi connectivity index (χ0) is 17.4. The molecule has 0 aliphatic carbocycles. The molecule has 0 aliphatic heterocycles. The Morgan fingerprint density at radius 3 is 2.50 bits per heavy atom. The summed E-state index contributed by atoms with van der Waals surface area (Å²) < 4.78 is 10.1. The maximum absolute atomic E-state index is 11.8. The lowest BCUT2D eigenvalue weighted by atomic mass is 10.1. The third kappa shape index (κ3) is 5.10. The molecule has 0 radical (unpaired) electrons. The van der Waals surface area contributed by atoms with Gasteiger partial charge in [0.15, 0.2) is 6.61 Å². The summed E-state index contributed by atoms with van der Waals surface area (Å²) in [6.07, 6.45) is 0. The first-order valence-corrected chi connectivity index (χ1v) is 7.39. The molecule has 0 saturated heterocycles. The Morgan fingerprint density at radius 1 is 1.08 bits per heavy atom. The molecule has 6 nitrogen and oxygen atoms in total. The SMILES string of the molecule is COc1cccc(CNC(=O)COC(=O)c2ccc(CO)cc2)c1. The van der Waals surface area contributed by atoms with E-state index < -0.39 is 11.9 Å². The van der Waals surface area contributed by atoms with Crippen LogP contribution in [0.3, 0.4) is 0 Å². The van der Waals surface area contributed by atoms with Crippen molar-refractivity contribution in [3.63, 3.8) is 0 Å². The number of ether oxygens (including phenoxy) is 2. The van der Waals surface area contributed by atoms with Gasteiger partial charge in [0.25, 0.3) is 5.91 Å². The molecular formula is C18H19NO5. The highest BCUT2D eigenvalue weighted by molar-refractivity contribution is 5.91. The molecule has 2 rings (SSSR count). The number of hydrogen-bond donors (Lipinski definition) is 2. The fourth-order valence-corrected chi connectivity index (χ4v) is 1.99. The van der Waals surface area contributed by atoms with Gasteiger partial charge in [0.1, 0.15) is 5.75 Å². The van der Waals surface area contributed by atoms with Crippen LogP contribution in [0.2, 0.25) is 0 Å². The summed E-state index contributed by atoms with van der Waals surface area (Å²) in [7, 11) is 1.57. The lowest BCUT2D eigenvalue weighted by Crippen LogP contribution is -2.28. The minimum absolute atomic E-state index is 0.0952. The van der Waals surface area contributed by atoms with Crippen molar-refractivity contribution in [2.24, 2.45) is 0 Å². The van der Waals surface area contributed by atoms with Crippen LogP contribution in [0.25, 0.3) is 0 Å². The number of rotatable bonds is 7. The Balaban J connectivity index is 1.78. The van der Waals surface area contributed by atoms with E-state index in [2.05, 4.69) is 5.32 Å². The minimum Gasteiger partial charge on any atom is -0.497 e. The number of aliphatic hydroxyl groups is 1. The highest BCUT2D eigenvalue weighted by atomic mass is 16.5. The molecule has 2 N–H and O–H groups in total. The van der Waals surface area contributed by atoms with Crippen molar-refractivity contribution in [2.75, 3.05) is 13.7 Å². The van der Waals surface area contributed by atoms with E-state index in [4.69, 9.17) is 14.6 Å². The average Bonchev–Trinajstić information content (AvgIpc) is 2.64. The van der Waals surface area contributed by atoms with Gasteiger partial charge in [-0.1, -0.05) is 24.3 Å². The van der Waals surface area contributed by atoms with Crippen molar-refractivity contribution in [1.29, 1.82) is 0 Å². The molecule has 126 valence electrons. The molecule has 0 heterocycles. The summed E-state index contributed by atoms with van der Waals surface area (Å²) in [5.74, 6) is -0.270. The number of hydrogen-bond acceptors (Lipinski definition) is 5. The van der Waals surface area contributed by atoms with Gasteiger partial charge in [0.2, 0.25) is 0 Å². The molecule has 0 fully saturated rings. The zero-order valence-corrected chi connectivity index (χ0v) is 13.3. The van der Waals surface area contributed by atoms with Crippen molar-refractivity contribution in [3.8, 4) is 5.75 Å². The maximum Gasteiger partial charge on any atom is 0.338 e. The molecule has 1 amide bonds. The average molecular weight is 329 g/mol. The first kappa shape index (κ1) is 17.5. The Bertz CT molecular complexity index is 697. The molecule has 2 aromatic carbocycles. The van der Waals surface area contributed by atoms with Crippen molar-refractivity contribution in [2.45, 2.75) is 13.2 Å². The number of benzene rings is 2. The number of carbonyl (C=O) groups excluding carboxylic acids is 2. The standard InChI is InChI=1S/C18H19NO5/c1-23-16-4-2-3-14(9-16)10-19-17(21)12-24-18(22)15-7-5-13(11-20)6-8-15/h2-9,20H,10-12H2,1H3,(H,19,21). The zero-order valence-electron chi connectivity index (χ0n) is 13.3. The first-order valence-electron chi connectivity index (χ1n) is 7.39. The van der Waals surface area contributed by atoms with Gasteiger partial charge in [-0.05, 0) is 35.4 Å². The van der Waals surface area contributed by atoms with Crippen molar-refractivity contribution < 1.29 is 24.2 Å². The fourth-order valence-electron chi connectivity index (χ4n) is 1.99. The molecule has 0 atom stereocenters. The summed E-state index contributed by atoms with van der Waals surface area (Å²) in [5, 5.41) is 11.6. The van der Waals surface area contributed by atoms with Gasteiger partial charge in [0.05, 0.1) is 19.3 Å². The summed E-state index contributed by atoms with van der Waals surface area (Å²) in [5.41, 5.74) is 1.91. The van der Waals surface area contributed by atoms with Gasteiger partial charge in [-0.2, -0.15) is 0 Å². The lowest BCUT2D eigenvalue weighted by molar-refractivity contribution is -0.124. The Morgan fingerprint density at radius 2 is 1.83 bits per heavy atom. The Labute approximate surface area is 140 Å². The van der Waals surface area contributed by atoms with Crippen LogP contribution in [-0.2, 0) is 22.7 Å². The van der Waals surface area contributed by atoms with Crippen molar-refractivity contribution >= 4 is 11.9 Å². The van der Waals surface area contributed by atoms with Gasteiger partial charge in [-0.3, -0.25) is 4.79 Å². The van der Waals surface area contributed by atoms with Crippen LogP contribution >= 0.6 is 0 Å². The number of carbonyl (C=O) groups is 2. The Hall–Kier alpha value is -2.86. The van der Waals surface area contributed by atoms with E-state index in [1.807, 2.05) is 24.3 Å². The molecular weight excluding hydrogens is 310 g/mol. The molecule has 2 aromatic rings. The molecule has 24 heavy (non-hydrogen) atoms. The second kappa shape index (κ2) is 8.69. The van der Waals surface area contributed by atoms with Crippen molar-refractivity contribution in [3.05, 3.63) is 65.2 Å². The van der Waals surface area contributed by atoms with Crippen LogP contribution in [0.4, 0.5) is 0 Å². The molecule has 0 spiro atoms. The number of nitrogens with one attached hydrogen (secondary N) is 1. The molecule has 6 heteroatoms. The largest absolute Gasteiger partial charge is 0.497 e. The molecule has 0 unspecified atom stereocenters. The maximum atomic E-state index is 11.8. The van der Waals surface area contributed by atoms with E-state index in [9.17, 15) is 9.59 Å². The highest BCUT2D eigenvalue weighted by Crippen LogP contribution is 2.12. The number of aliphatic hydroxyl groups excluding tert-OH is 1. The van der Waals surface area contributed by atoms with Crippen LogP contribution in [0.5, 0.6) is 5.75 Å². The second-order valence-corrected chi connectivity index (χ2v) is 5.06. The molecule has 0 bridgehead atoms. The third-order valence-corrected chi connectivity index (χ3v) is 3.33. The fraction of sp³-hybridized carbons (Fsp3) is 0.222. The van der Waals surface area contributed by atoms with E-state index >= 15 is 0 Å². The van der Waals surface area contributed by atoms with E-state index in [1.165, 1.54) is 0 Å². The van der Waals surface area contributed by atoms with Gasteiger partial charge < -0.3 is 19.9 Å². The van der Waals surface area contributed by atoms with Crippen LogP contribution < -0.4 is 10.1 Å². The van der Waals surface area contributed by atoms with E-state index in [-0.39, 0.29) is 13.2 Å². The first-order chi connectivity index (χ1) is 11.6. The van der Waals surface area contributed by atoms with Crippen LogP contribution in [0, 0.1) is 0 Å². The molecule has 0 aliphatic rings. The summed E-state index contributed by atoms with van der Waals surface area (Å²) in [6, 6.07) is 13.7. The third-order valence-electron chi connectivity index (χ3n) is 3.33. The van der Waals surface area contributed by atoms with E-state index in [0.717, 1.165) is 5.56 Å². The summed E-state index contributed by atoms with van der Waals surface area (Å²) in [4.78, 5) is 23.6. The molecule has 0 saturated carbocycles. The van der Waals surface area contributed by atoms with Crippen LogP contribution in [0.1, 0.15) is 21.5 Å². The number of methoxy groups -OCH3 is 1. The van der Waals surface area contributed by atoms with E-state index in [1.54, 1.807) is 31.4 Å². The predicted molar refractivity (Wildman–Crippen MR) is 87.5 cm³/mol. The van der Waals surface area contributed by atoms with Crippen molar-refractivity contribution in [1.82, 2.24) is 5.32 Å². The lowest BCUT2D eigenvalue weighted by Gasteiger charge is -2.08. The van der Waals surface area contributed by atoms with Crippen LogP contribution in [0.15, 0.2) is 48.5 Å². The quantitative estimate of drug-likeness (QED) is 0.755. The monoisotopic (exact) mass is 329 g/mol. The smallest absolute Gasteiger partial charge is 0.338 e. The van der Waals surface area contributed by atoms with Gasteiger partial charge in [0, 0.05) is 6.54 Å². The van der Waals surface area contributed by atoms with Gasteiger partial charge in [-0.25, -0.2) is 4.79 Å². The second-order valence-electron chi connectivity index (χ2n) is 5.06. The number of esters is 1. The topological polar surface area (TPSA) is 84.9 Å². The highest BCUT2D eigenvalue weighted by Gasteiger charge is 2.10. The van der Waals surface area contributed by atoms with Gasteiger partial charge >= 0.3 is 5.97 Å². The van der Waals surface area contributed by atoms with E-state index in [0.29, 0.717) is 23.4 Å². The number of amides is 1. The molecule has 0 aromatic heterocycles. The van der Waals surface area contributed by atoms with Crippen LogP contribution in [-0.4, -0.2) is 30.7 Å². The summed E-state index contributed by atoms with van der Waals surface area (Å²) >= 11 is 0. The summed E-state index contributed by atoms with van der Waals surface area (Å²) in [6.45, 7) is -0.134. The normalized spacial score (nSPS) is 10.1. The Kier molecular flexibility index (Phi) is 6.33. The van der Waals surface area contributed by atoms with Gasteiger partial charge in [-0.15, -0.1) is 0 Å².